The average Bonchev–Trinajstić information content (AvgIpc) is 3.46. The minimum absolute atomic E-state index is 0.0729. The molecular weight excluding hydrogens is 418 g/mol. The van der Waals surface area contributed by atoms with Crippen molar-refractivity contribution in [1.29, 1.82) is 0 Å². The summed E-state index contributed by atoms with van der Waals surface area (Å²) < 4.78 is 6.31. The molecule has 1 aromatic carbocycles. The number of benzene rings is 1. The van der Waals surface area contributed by atoms with E-state index in [1.807, 2.05) is 35.2 Å². The van der Waals surface area contributed by atoms with Crippen LogP contribution in [0.5, 0.6) is 5.88 Å². The van der Waals surface area contributed by atoms with Crippen molar-refractivity contribution in [1.82, 2.24) is 19.9 Å². The Labute approximate surface area is 181 Å². The van der Waals surface area contributed by atoms with Gasteiger partial charge in [-0.2, -0.15) is 4.98 Å². The lowest BCUT2D eigenvalue weighted by Gasteiger charge is -2.35. The Kier molecular flexibility index (Phi) is 5.06. The third-order valence-electron chi connectivity index (χ3n) is 5.02. The molecular formula is C21H19N5O2S2. The van der Waals surface area contributed by atoms with Gasteiger partial charge in [0.2, 0.25) is 5.88 Å². The predicted molar refractivity (Wildman–Crippen MR) is 120 cm³/mol. The van der Waals surface area contributed by atoms with Crippen LogP contribution in [-0.2, 0) is 0 Å². The molecule has 0 aliphatic carbocycles. The van der Waals surface area contributed by atoms with E-state index in [1.54, 1.807) is 30.8 Å². The quantitative estimate of drug-likeness (QED) is 0.484. The van der Waals surface area contributed by atoms with Crippen LogP contribution in [0.25, 0.3) is 20.1 Å². The van der Waals surface area contributed by atoms with Gasteiger partial charge in [-0.25, -0.2) is 4.98 Å². The molecule has 0 bridgehead atoms. The zero-order valence-corrected chi connectivity index (χ0v) is 17.9. The van der Waals surface area contributed by atoms with E-state index in [0.29, 0.717) is 32.1 Å². The number of ether oxygens (including phenoxy) is 1. The highest BCUT2D eigenvalue weighted by molar-refractivity contribution is 7.26. The third kappa shape index (κ3) is 3.61. The van der Waals surface area contributed by atoms with Crippen LogP contribution in [0.2, 0.25) is 0 Å². The van der Waals surface area contributed by atoms with Crippen LogP contribution in [0, 0.1) is 0 Å². The van der Waals surface area contributed by atoms with E-state index >= 15 is 0 Å². The van der Waals surface area contributed by atoms with Gasteiger partial charge in [0.1, 0.15) is 5.01 Å². The Balaban J connectivity index is 1.27. The second kappa shape index (κ2) is 8.00. The van der Waals surface area contributed by atoms with E-state index in [9.17, 15) is 4.79 Å². The highest BCUT2D eigenvalue weighted by Gasteiger charge is 2.24. The van der Waals surface area contributed by atoms with Gasteiger partial charge >= 0.3 is 0 Å². The Bertz CT molecular complexity index is 1160. The molecule has 30 heavy (non-hydrogen) atoms. The molecule has 1 saturated heterocycles. The summed E-state index contributed by atoms with van der Waals surface area (Å²) >= 11 is 3.17. The maximum atomic E-state index is 13.0. The van der Waals surface area contributed by atoms with E-state index in [1.165, 1.54) is 11.3 Å². The molecule has 1 amide bonds. The summed E-state index contributed by atoms with van der Waals surface area (Å²) in [7, 11) is 1.58. The number of anilines is 1. The predicted octanol–water partition coefficient (Wildman–Crippen LogP) is 3.79. The maximum absolute atomic E-state index is 13.0. The fraction of sp³-hybridized carbons (Fsp3) is 0.238. The SMILES string of the molecule is COc1cncc(N2CCN(C(=O)c3ccc(-c4nc5ccccc5s4)s3)CC2)n1. The van der Waals surface area contributed by atoms with Gasteiger partial charge < -0.3 is 14.5 Å². The number of hydrogen-bond donors (Lipinski definition) is 0. The number of hydrogen-bond acceptors (Lipinski definition) is 8. The molecule has 9 heteroatoms. The second-order valence-corrected chi connectivity index (χ2v) is 8.96. The number of amides is 1. The number of piperazine rings is 1. The van der Waals surface area contributed by atoms with Crippen LogP contribution >= 0.6 is 22.7 Å². The van der Waals surface area contributed by atoms with Crippen molar-refractivity contribution in [2.45, 2.75) is 0 Å². The minimum Gasteiger partial charge on any atom is -0.480 e. The molecule has 0 radical (unpaired) electrons. The van der Waals surface area contributed by atoms with E-state index in [-0.39, 0.29) is 5.91 Å². The molecule has 4 heterocycles. The lowest BCUT2D eigenvalue weighted by atomic mass is 10.3. The molecule has 0 saturated carbocycles. The highest BCUT2D eigenvalue weighted by atomic mass is 32.1. The van der Waals surface area contributed by atoms with Gasteiger partial charge in [-0.1, -0.05) is 12.1 Å². The van der Waals surface area contributed by atoms with Gasteiger partial charge in [0.05, 0.1) is 39.5 Å². The highest BCUT2D eigenvalue weighted by Crippen LogP contribution is 2.34. The molecule has 4 aromatic rings. The number of fused-ring (bicyclic) bond motifs is 1. The minimum atomic E-state index is 0.0729. The number of carbonyl (C=O) groups excluding carboxylic acids is 1. The van der Waals surface area contributed by atoms with Gasteiger partial charge in [0.25, 0.3) is 5.91 Å². The van der Waals surface area contributed by atoms with E-state index in [2.05, 4.69) is 20.9 Å². The summed E-state index contributed by atoms with van der Waals surface area (Å²) in [4.78, 5) is 32.1. The third-order valence-corrected chi connectivity index (χ3v) is 7.30. The van der Waals surface area contributed by atoms with Crippen LogP contribution in [0.15, 0.2) is 48.8 Å². The first-order chi connectivity index (χ1) is 14.7. The standard InChI is InChI=1S/C21H19N5O2S2/c1-28-19-13-22-12-18(24-19)25-8-10-26(11-9-25)21(27)17-7-6-16(29-17)20-23-14-4-2-3-5-15(14)30-20/h2-7,12-13H,8-11H2,1H3. The summed E-state index contributed by atoms with van der Waals surface area (Å²) in [6, 6.07) is 12.0. The Morgan fingerprint density at radius 3 is 2.63 bits per heavy atom. The molecule has 0 unspecified atom stereocenters. The normalized spacial score (nSPS) is 14.3. The number of para-hydroxylation sites is 1. The number of methoxy groups -OCH3 is 1. The summed E-state index contributed by atoms with van der Waals surface area (Å²) in [5.41, 5.74) is 0.996. The van der Waals surface area contributed by atoms with Gasteiger partial charge in [-0.05, 0) is 24.3 Å². The largest absolute Gasteiger partial charge is 0.480 e. The van der Waals surface area contributed by atoms with Crippen LogP contribution < -0.4 is 9.64 Å². The van der Waals surface area contributed by atoms with Crippen LogP contribution in [0.3, 0.4) is 0 Å². The Morgan fingerprint density at radius 1 is 1.00 bits per heavy atom. The molecule has 0 spiro atoms. The number of thiazole rings is 1. The van der Waals surface area contributed by atoms with Gasteiger partial charge in [0.15, 0.2) is 5.82 Å². The van der Waals surface area contributed by atoms with E-state index < -0.39 is 0 Å². The number of rotatable bonds is 4. The summed E-state index contributed by atoms with van der Waals surface area (Å²) in [5.74, 6) is 1.34. The number of aromatic nitrogens is 3. The number of thiophene rings is 1. The first-order valence-corrected chi connectivity index (χ1v) is 11.2. The number of carbonyl (C=O) groups is 1. The van der Waals surface area contributed by atoms with Crippen molar-refractivity contribution >= 4 is 44.6 Å². The first kappa shape index (κ1) is 19.0. The van der Waals surface area contributed by atoms with Crippen molar-refractivity contribution < 1.29 is 9.53 Å². The molecule has 0 N–H and O–H groups in total. The molecule has 5 rings (SSSR count). The summed E-state index contributed by atoms with van der Waals surface area (Å²) in [6.07, 6.45) is 3.31. The fourth-order valence-electron chi connectivity index (χ4n) is 3.43. The van der Waals surface area contributed by atoms with Crippen LogP contribution in [0.4, 0.5) is 5.82 Å². The molecule has 7 nitrogen and oxygen atoms in total. The summed E-state index contributed by atoms with van der Waals surface area (Å²) in [6.45, 7) is 2.71. The molecule has 1 aliphatic heterocycles. The van der Waals surface area contributed by atoms with Crippen molar-refractivity contribution in [3.05, 3.63) is 53.7 Å². The van der Waals surface area contributed by atoms with Crippen molar-refractivity contribution in [2.75, 3.05) is 38.2 Å². The fourth-order valence-corrected chi connectivity index (χ4v) is 5.42. The Hall–Kier alpha value is -3.04. The van der Waals surface area contributed by atoms with Crippen LogP contribution in [0.1, 0.15) is 9.67 Å². The zero-order valence-electron chi connectivity index (χ0n) is 16.3. The summed E-state index contributed by atoms with van der Waals surface area (Å²) in [5, 5.41) is 0.960. The topological polar surface area (TPSA) is 71.5 Å². The van der Waals surface area contributed by atoms with Crippen LogP contribution in [-0.4, -0.2) is 59.0 Å². The average molecular weight is 438 g/mol. The maximum Gasteiger partial charge on any atom is 0.264 e. The molecule has 0 atom stereocenters. The molecule has 1 fully saturated rings. The lowest BCUT2D eigenvalue weighted by molar-refractivity contribution is 0.0751. The zero-order chi connectivity index (χ0) is 20.5. The molecule has 3 aromatic heterocycles. The van der Waals surface area contributed by atoms with Gasteiger partial charge in [-0.15, -0.1) is 22.7 Å². The van der Waals surface area contributed by atoms with E-state index in [0.717, 1.165) is 30.8 Å². The Morgan fingerprint density at radius 2 is 1.83 bits per heavy atom. The smallest absolute Gasteiger partial charge is 0.264 e. The van der Waals surface area contributed by atoms with Crippen molar-refractivity contribution in [2.24, 2.45) is 0 Å². The monoisotopic (exact) mass is 437 g/mol. The van der Waals surface area contributed by atoms with E-state index in [4.69, 9.17) is 9.72 Å². The van der Waals surface area contributed by atoms with Gasteiger partial charge in [-0.3, -0.25) is 9.78 Å². The molecule has 1 aliphatic rings. The first-order valence-electron chi connectivity index (χ1n) is 9.57. The number of nitrogens with zero attached hydrogens (tertiary/aromatic N) is 5. The second-order valence-electron chi connectivity index (χ2n) is 6.85. The van der Waals surface area contributed by atoms with Crippen molar-refractivity contribution in [3.63, 3.8) is 0 Å². The van der Waals surface area contributed by atoms with Crippen molar-refractivity contribution in [3.8, 4) is 15.8 Å². The lowest BCUT2D eigenvalue weighted by Crippen LogP contribution is -2.48. The molecule has 152 valence electrons. The van der Waals surface area contributed by atoms with Gasteiger partial charge in [0, 0.05) is 26.2 Å².